The molecule has 0 fully saturated rings. The maximum Gasteiger partial charge on any atom is 0.270 e. The maximum absolute atomic E-state index is 10.8. The molecule has 6 nitrogen and oxygen atoms in total. The van der Waals surface area contributed by atoms with Crippen molar-refractivity contribution in [2.24, 2.45) is 0 Å². The largest absolute Gasteiger partial charge is 0.419 e. The van der Waals surface area contributed by atoms with Crippen molar-refractivity contribution in [2.75, 3.05) is 0 Å². The summed E-state index contributed by atoms with van der Waals surface area (Å²) in [4.78, 5) is 10.3. The molecule has 0 aliphatic carbocycles. The predicted octanol–water partition coefficient (Wildman–Crippen LogP) is 3.25. The second-order valence-electron chi connectivity index (χ2n) is 3.88. The van der Waals surface area contributed by atoms with Gasteiger partial charge < -0.3 is 4.42 Å². The maximum atomic E-state index is 10.8. The van der Waals surface area contributed by atoms with E-state index in [4.69, 9.17) is 16.0 Å². The fourth-order valence-electron chi connectivity index (χ4n) is 1.50. The number of nitrogens with zero attached hydrogens (tertiary/aromatic N) is 3. The first-order valence-electron chi connectivity index (χ1n) is 5.21. The summed E-state index contributed by atoms with van der Waals surface area (Å²) in [7, 11) is 0. The Morgan fingerprint density at radius 2 is 2.11 bits per heavy atom. The lowest BCUT2D eigenvalue weighted by Gasteiger charge is -1.98. The van der Waals surface area contributed by atoms with Crippen LogP contribution < -0.4 is 0 Å². The van der Waals surface area contributed by atoms with Crippen LogP contribution in [0.25, 0.3) is 11.5 Å². The third-order valence-corrected chi connectivity index (χ3v) is 2.49. The first-order chi connectivity index (χ1) is 8.47. The molecule has 0 bridgehead atoms. The van der Waals surface area contributed by atoms with Gasteiger partial charge in [0.15, 0.2) is 0 Å². The molecule has 1 aromatic heterocycles. The first kappa shape index (κ1) is 12.5. The van der Waals surface area contributed by atoms with E-state index in [-0.39, 0.29) is 17.5 Å². The zero-order valence-electron chi connectivity index (χ0n) is 9.75. The van der Waals surface area contributed by atoms with Crippen molar-refractivity contribution in [1.29, 1.82) is 0 Å². The lowest BCUT2D eigenvalue weighted by atomic mass is 10.1. The van der Waals surface area contributed by atoms with Crippen LogP contribution in [-0.2, 0) is 0 Å². The first-order valence-corrected chi connectivity index (χ1v) is 5.65. The van der Waals surface area contributed by atoms with Gasteiger partial charge in [-0.2, -0.15) is 0 Å². The van der Waals surface area contributed by atoms with Gasteiger partial charge in [-0.15, -0.1) is 21.8 Å². The molecule has 1 unspecified atom stereocenters. The fraction of sp³-hybridized carbons (Fsp3) is 0.273. The molecule has 0 aliphatic rings. The summed E-state index contributed by atoms with van der Waals surface area (Å²) in [6.07, 6.45) is 0. The van der Waals surface area contributed by atoms with Gasteiger partial charge in [-0.3, -0.25) is 10.1 Å². The number of nitro benzene ring substituents is 1. The van der Waals surface area contributed by atoms with Gasteiger partial charge in [-0.05, 0) is 25.5 Å². The molecule has 18 heavy (non-hydrogen) atoms. The normalized spacial score (nSPS) is 12.4. The topological polar surface area (TPSA) is 82.1 Å². The monoisotopic (exact) mass is 267 g/mol. The lowest BCUT2D eigenvalue weighted by molar-refractivity contribution is -0.384. The molecular formula is C11H10ClN3O3. The van der Waals surface area contributed by atoms with E-state index in [1.807, 2.05) is 0 Å². The third kappa shape index (κ3) is 2.48. The van der Waals surface area contributed by atoms with Crippen LogP contribution in [0.2, 0.25) is 0 Å². The molecule has 0 radical (unpaired) electrons. The molecule has 2 rings (SSSR count). The van der Waals surface area contributed by atoms with E-state index in [2.05, 4.69) is 10.2 Å². The smallest absolute Gasteiger partial charge is 0.270 e. The number of benzene rings is 1. The molecule has 2 aromatic rings. The quantitative estimate of drug-likeness (QED) is 0.484. The third-order valence-electron chi connectivity index (χ3n) is 2.30. The number of halogens is 1. The number of aromatic nitrogens is 2. The van der Waals surface area contributed by atoms with Crippen LogP contribution in [0, 0.1) is 17.0 Å². The Labute approximate surface area is 108 Å². The minimum Gasteiger partial charge on any atom is -0.419 e. The minimum atomic E-state index is -0.460. The molecule has 7 heteroatoms. The Balaban J connectivity index is 2.46. The number of hydrogen-bond acceptors (Lipinski definition) is 5. The zero-order valence-corrected chi connectivity index (χ0v) is 10.5. The van der Waals surface area contributed by atoms with Crippen LogP contribution in [0.1, 0.15) is 23.8 Å². The van der Waals surface area contributed by atoms with E-state index in [0.717, 1.165) is 5.56 Å². The van der Waals surface area contributed by atoms with Crippen LogP contribution in [0.4, 0.5) is 5.69 Å². The highest BCUT2D eigenvalue weighted by atomic mass is 35.5. The molecule has 0 amide bonds. The van der Waals surface area contributed by atoms with E-state index in [9.17, 15) is 10.1 Å². The average Bonchev–Trinajstić information content (AvgIpc) is 2.77. The molecule has 94 valence electrons. The van der Waals surface area contributed by atoms with Gasteiger partial charge in [0.25, 0.3) is 5.69 Å². The summed E-state index contributed by atoms with van der Waals surface area (Å²) in [6.45, 7) is 3.47. The molecule has 0 aliphatic heterocycles. The summed E-state index contributed by atoms with van der Waals surface area (Å²) in [5, 5.41) is 18.0. The van der Waals surface area contributed by atoms with Crippen LogP contribution in [0.15, 0.2) is 22.6 Å². The Kier molecular flexibility index (Phi) is 3.29. The number of non-ortho nitro benzene ring substituents is 1. The van der Waals surface area contributed by atoms with Crippen molar-refractivity contribution in [2.45, 2.75) is 19.2 Å². The average molecular weight is 268 g/mol. The van der Waals surface area contributed by atoms with Crippen LogP contribution in [0.3, 0.4) is 0 Å². The molecule has 1 atom stereocenters. The van der Waals surface area contributed by atoms with E-state index < -0.39 is 10.3 Å². The summed E-state index contributed by atoms with van der Waals surface area (Å²) >= 11 is 5.81. The molecule has 1 aromatic carbocycles. The second-order valence-corrected chi connectivity index (χ2v) is 4.53. The standard InChI is InChI=1S/C11H10ClN3O3/c1-6-3-8(5-9(4-6)15(16)17)11-14-13-10(18-11)7(2)12/h3-5,7H,1-2H3. The van der Waals surface area contributed by atoms with Crippen LogP contribution in [0.5, 0.6) is 0 Å². The van der Waals surface area contributed by atoms with Gasteiger partial charge in [0, 0.05) is 17.7 Å². The summed E-state index contributed by atoms with van der Waals surface area (Å²) in [5.41, 5.74) is 1.25. The summed E-state index contributed by atoms with van der Waals surface area (Å²) in [6, 6.07) is 4.61. The highest BCUT2D eigenvalue weighted by molar-refractivity contribution is 6.20. The number of rotatable bonds is 3. The number of nitro groups is 1. The number of aryl methyl sites for hydroxylation is 1. The van der Waals surface area contributed by atoms with Gasteiger partial charge in [0.1, 0.15) is 5.38 Å². The molecule has 0 saturated carbocycles. The van der Waals surface area contributed by atoms with Crippen molar-refractivity contribution < 1.29 is 9.34 Å². The van der Waals surface area contributed by atoms with E-state index >= 15 is 0 Å². The Morgan fingerprint density at radius 1 is 1.39 bits per heavy atom. The van der Waals surface area contributed by atoms with Crippen molar-refractivity contribution in [3.63, 3.8) is 0 Å². The van der Waals surface area contributed by atoms with Crippen molar-refractivity contribution in [3.8, 4) is 11.5 Å². The Hall–Kier alpha value is -1.95. The minimum absolute atomic E-state index is 0.0105. The summed E-state index contributed by atoms with van der Waals surface area (Å²) < 4.78 is 5.34. The molecule has 0 spiro atoms. The molecule has 1 heterocycles. The van der Waals surface area contributed by atoms with E-state index in [1.165, 1.54) is 12.1 Å². The van der Waals surface area contributed by atoms with Crippen molar-refractivity contribution >= 4 is 17.3 Å². The second kappa shape index (κ2) is 4.73. The molecule has 0 N–H and O–H groups in total. The fourth-order valence-corrected chi connectivity index (χ4v) is 1.59. The SMILES string of the molecule is Cc1cc(-c2nnc(C(C)Cl)o2)cc([N+](=O)[O-])c1. The van der Waals surface area contributed by atoms with Gasteiger partial charge in [-0.1, -0.05) is 0 Å². The van der Waals surface area contributed by atoms with Gasteiger partial charge in [0.05, 0.1) is 4.92 Å². The van der Waals surface area contributed by atoms with Gasteiger partial charge >= 0.3 is 0 Å². The van der Waals surface area contributed by atoms with E-state index in [1.54, 1.807) is 19.9 Å². The van der Waals surface area contributed by atoms with Gasteiger partial charge in [-0.25, -0.2) is 0 Å². The highest BCUT2D eigenvalue weighted by Gasteiger charge is 2.16. The number of hydrogen-bond donors (Lipinski definition) is 0. The summed E-state index contributed by atoms with van der Waals surface area (Å²) in [5.74, 6) is 0.514. The Morgan fingerprint density at radius 3 is 2.67 bits per heavy atom. The van der Waals surface area contributed by atoms with Crippen LogP contribution in [-0.4, -0.2) is 15.1 Å². The zero-order chi connectivity index (χ0) is 13.3. The molecular weight excluding hydrogens is 258 g/mol. The van der Waals surface area contributed by atoms with Crippen molar-refractivity contribution in [1.82, 2.24) is 10.2 Å². The van der Waals surface area contributed by atoms with Gasteiger partial charge in [0.2, 0.25) is 11.8 Å². The molecule has 0 saturated heterocycles. The van der Waals surface area contributed by atoms with E-state index in [0.29, 0.717) is 5.56 Å². The predicted molar refractivity (Wildman–Crippen MR) is 65.4 cm³/mol. The number of alkyl halides is 1. The highest BCUT2D eigenvalue weighted by Crippen LogP contribution is 2.27. The Bertz CT molecular complexity index is 595. The van der Waals surface area contributed by atoms with Crippen LogP contribution >= 0.6 is 11.6 Å². The van der Waals surface area contributed by atoms with Crippen molar-refractivity contribution in [3.05, 3.63) is 39.8 Å². The lowest BCUT2D eigenvalue weighted by Crippen LogP contribution is -1.90.